The third-order valence-electron chi connectivity index (χ3n) is 24.0. The SMILES string of the molecule is CC.CC.CC.CC.CC.CC.CC.CC.CC.CC.CC.CC.CC.CC.c1ccc2c3c(ccc2c1)-c1ncncc1C3.c1ccc2c3c(ccc2c1)-c1ncncc1C3.c1ccc2c3c(ccc2c1)-c1ncncc1C3.c1ccc2c3c(ccc2c1)-c1ncncc1C3.c1ccc2cc3c(cc2c1)Cc1cncnc1-3.c1ccc2cc3c(cc2c1)Cc1ncncc1-3.c1ccc2cc3c(cc2c1)Cc1ncncc1-3. The number of hydrogen-bond acceptors (Lipinski definition) is 14. The van der Waals surface area contributed by atoms with Gasteiger partial charge in [0.25, 0.3) is 0 Å². The Morgan fingerprint density at radius 1 is 0.143 bits per heavy atom. The second-order valence-corrected chi connectivity index (χ2v) is 30.8. The van der Waals surface area contributed by atoms with E-state index in [9.17, 15) is 0 Å². The molecule has 14 heteroatoms. The molecule has 7 aliphatic carbocycles. The van der Waals surface area contributed by atoms with Gasteiger partial charge in [0.2, 0.25) is 0 Å². The van der Waals surface area contributed by atoms with Crippen LogP contribution in [0.3, 0.4) is 0 Å². The first-order valence-electron chi connectivity index (χ1n) is 54.1. The summed E-state index contributed by atoms with van der Waals surface area (Å²) < 4.78 is 0. The van der Waals surface area contributed by atoms with Crippen LogP contribution in [0.15, 0.2) is 342 Å². The van der Waals surface area contributed by atoms with Gasteiger partial charge in [-0.15, -0.1) is 0 Å². The van der Waals surface area contributed by atoms with Gasteiger partial charge in [-0.2, -0.15) is 0 Å². The van der Waals surface area contributed by atoms with E-state index in [2.05, 4.69) is 325 Å². The first-order valence-corrected chi connectivity index (χ1v) is 54.1. The van der Waals surface area contributed by atoms with Crippen LogP contribution in [0.1, 0.15) is 272 Å². The highest BCUT2D eigenvalue weighted by molar-refractivity contribution is 6.00. The van der Waals surface area contributed by atoms with E-state index in [1.54, 1.807) is 44.3 Å². The number of hydrogen-bond donors (Lipinski definition) is 0. The van der Waals surface area contributed by atoms with Crippen molar-refractivity contribution < 1.29 is 0 Å². The van der Waals surface area contributed by atoms with E-state index in [1.165, 1.54) is 192 Å². The molecule has 21 aromatic rings. The van der Waals surface area contributed by atoms with E-state index in [-0.39, 0.29) is 0 Å². The summed E-state index contributed by atoms with van der Waals surface area (Å²) in [4.78, 5) is 59.5. The summed E-state index contributed by atoms with van der Waals surface area (Å²) in [6.45, 7) is 56.0. The average molecular weight is 1950 g/mol. The summed E-state index contributed by atoms with van der Waals surface area (Å²) >= 11 is 0. The Balaban J connectivity index is 0.000000201. The summed E-state index contributed by atoms with van der Waals surface area (Å²) in [6, 6.07) is 90.4. The van der Waals surface area contributed by atoms with Crippen molar-refractivity contribution in [1.29, 1.82) is 0 Å². The van der Waals surface area contributed by atoms with Gasteiger partial charge >= 0.3 is 0 Å². The Morgan fingerprint density at radius 2 is 0.333 bits per heavy atom. The Bertz CT molecular complexity index is 6780. The van der Waals surface area contributed by atoms with E-state index >= 15 is 0 Å². The highest BCUT2D eigenvalue weighted by atomic mass is 14.9. The third-order valence-corrected chi connectivity index (χ3v) is 24.0. The van der Waals surface area contributed by atoms with Crippen LogP contribution >= 0.6 is 0 Å². The van der Waals surface area contributed by atoms with Crippen LogP contribution in [0.5, 0.6) is 0 Å². The molecule has 0 radical (unpaired) electrons. The highest BCUT2D eigenvalue weighted by Gasteiger charge is 2.28. The maximum atomic E-state index is 4.40. The fourth-order valence-electron chi connectivity index (χ4n) is 18.4. The predicted molar refractivity (Wildman–Crippen MR) is 633 cm³/mol. The zero-order valence-corrected chi connectivity index (χ0v) is 92.5. The van der Waals surface area contributed by atoms with Crippen LogP contribution in [0.2, 0.25) is 0 Å². The molecule has 0 spiro atoms. The van der Waals surface area contributed by atoms with Gasteiger partial charge in [-0.25, -0.2) is 69.8 Å². The molecule has 756 valence electrons. The zero-order valence-electron chi connectivity index (χ0n) is 92.5. The smallest absolute Gasteiger partial charge is 0.116 e. The Morgan fingerprint density at radius 3 is 0.585 bits per heavy atom. The topological polar surface area (TPSA) is 180 Å². The summed E-state index contributed by atoms with van der Waals surface area (Å²) in [5, 5.41) is 18.3. The van der Waals surface area contributed by atoms with Crippen molar-refractivity contribution >= 4 is 75.4 Å². The number of rotatable bonds is 0. The second-order valence-electron chi connectivity index (χ2n) is 30.8. The van der Waals surface area contributed by atoms with Crippen LogP contribution in [0, 0.1) is 0 Å². The Labute approximate surface area is 877 Å². The van der Waals surface area contributed by atoms with Crippen molar-refractivity contribution in [3.63, 3.8) is 0 Å². The van der Waals surface area contributed by atoms with Gasteiger partial charge in [-0.1, -0.05) is 430 Å². The largest absolute Gasteiger partial charge is 0.244 e. The van der Waals surface area contributed by atoms with Crippen LogP contribution < -0.4 is 0 Å². The molecule has 14 aromatic carbocycles. The normalized spacial score (nSPS) is 10.7. The molecule has 28 rings (SSSR count). The van der Waals surface area contributed by atoms with Crippen LogP contribution in [0.25, 0.3) is 154 Å². The Hall–Kier alpha value is -15.5. The van der Waals surface area contributed by atoms with Gasteiger partial charge in [-0.3, -0.25) is 0 Å². The molecule has 7 aromatic heterocycles. The van der Waals surface area contributed by atoms with Gasteiger partial charge < -0.3 is 0 Å². The van der Waals surface area contributed by atoms with E-state index in [4.69, 9.17) is 0 Å². The molecule has 7 heterocycles. The van der Waals surface area contributed by atoms with Crippen molar-refractivity contribution in [2.75, 3.05) is 0 Å². The number of fused-ring (bicyclic) bond motifs is 32. The molecule has 0 aliphatic heterocycles. The maximum Gasteiger partial charge on any atom is 0.116 e. The lowest BCUT2D eigenvalue weighted by molar-refractivity contribution is 1.07. The lowest BCUT2D eigenvalue weighted by Crippen LogP contribution is -1.86. The highest BCUT2D eigenvalue weighted by Crippen LogP contribution is 2.45. The standard InChI is InChI=1S/7C15H10N2.14C2H6/c1-2-4-11-7-14-12(5-10(11)3-1)6-13-8-16-9-17-15(13)14;2*1-2-4-11-6-13-12(5-10(11)3-1)7-15-14(13)8-16-9-17-15;4*1-2-4-12-10(3-1)5-6-13-14(12)7-11-8-16-9-17-15(11)13;14*1-2/h1-5,7-9H,6H2;6*1-6,8-9H,7H2;14*1-2H3. The minimum atomic E-state index is 0.929. The summed E-state index contributed by atoms with van der Waals surface area (Å²) in [7, 11) is 0. The van der Waals surface area contributed by atoms with Gasteiger partial charge in [0.05, 0.1) is 39.9 Å². The number of benzene rings is 14. The number of nitrogens with zero attached hydrogens (tertiary/aromatic N) is 14. The number of aromatic nitrogens is 14. The van der Waals surface area contributed by atoms with Crippen molar-refractivity contribution in [2.24, 2.45) is 0 Å². The molecular weight excluding hydrogens is 1790 g/mol. The lowest BCUT2D eigenvalue weighted by atomic mass is 10.0. The fraction of sp³-hybridized carbons (Fsp3) is 0.263. The molecule has 0 saturated carbocycles. The first kappa shape index (κ1) is 117. The molecule has 0 fully saturated rings. The molecule has 0 amide bonds. The minimum Gasteiger partial charge on any atom is -0.244 e. The van der Waals surface area contributed by atoms with Gasteiger partial charge in [0, 0.05) is 155 Å². The van der Waals surface area contributed by atoms with Gasteiger partial charge in [-0.05, 0) is 144 Å². The Kier molecular flexibility index (Phi) is 49.4. The van der Waals surface area contributed by atoms with Gasteiger partial charge in [0.15, 0.2) is 0 Å². The molecular formula is C133H154N14. The molecule has 0 unspecified atom stereocenters. The molecule has 14 nitrogen and oxygen atoms in total. The predicted octanol–water partition coefficient (Wildman–Crippen LogP) is 36.8. The summed E-state index contributed by atoms with van der Waals surface area (Å²) in [5.74, 6) is 0. The summed E-state index contributed by atoms with van der Waals surface area (Å²) in [6.07, 6.45) is 31.5. The first-order chi connectivity index (χ1) is 73.0. The van der Waals surface area contributed by atoms with Crippen LogP contribution in [-0.4, -0.2) is 69.8 Å². The average Bonchev–Trinajstić information content (AvgIpc) is 1.62. The second kappa shape index (κ2) is 62.2. The zero-order chi connectivity index (χ0) is 107. The van der Waals surface area contributed by atoms with Crippen molar-refractivity contribution in [3.8, 4) is 78.5 Å². The van der Waals surface area contributed by atoms with Crippen molar-refractivity contribution in [1.82, 2.24) is 69.8 Å². The minimum absolute atomic E-state index is 0.929. The van der Waals surface area contributed by atoms with E-state index in [0.717, 1.165) is 84.8 Å². The molecule has 0 atom stereocenters. The van der Waals surface area contributed by atoms with Gasteiger partial charge in [0.1, 0.15) is 44.3 Å². The van der Waals surface area contributed by atoms with Crippen LogP contribution in [-0.2, 0) is 44.9 Å². The summed E-state index contributed by atoms with van der Waals surface area (Å²) in [5.41, 5.74) is 34.9. The molecule has 7 aliphatic rings. The van der Waals surface area contributed by atoms with E-state index in [0.29, 0.717) is 0 Å². The van der Waals surface area contributed by atoms with E-state index in [1.807, 2.05) is 237 Å². The molecule has 0 saturated heterocycles. The molecule has 147 heavy (non-hydrogen) atoms. The maximum absolute atomic E-state index is 4.40. The molecule has 0 bridgehead atoms. The fourth-order valence-corrected chi connectivity index (χ4v) is 18.4. The lowest BCUT2D eigenvalue weighted by Gasteiger charge is -2.04. The van der Waals surface area contributed by atoms with Crippen LogP contribution in [0.4, 0.5) is 0 Å². The van der Waals surface area contributed by atoms with Crippen molar-refractivity contribution in [2.45, 2.75) is 239 Å². The van der Waals surface area contributed by atoms with Crippen molar-refractivity contribution in [3.05, 3.63) is 421 Å². The third kappa shape index (κ3) is 27.0. The molecule has 0 N–H and O–H groups in total. The monoisotopic (exact) mass is 1950 g/mol. The quantitative estimate of drug-likeness (QED) is 0.140. The van der Waals surface area contributed by atoms with E-state index < -0.39 is 0 Å².